The number of carbonyl (C=O) groups is 1. The molecule has 0 spiro atoms. The molecule has 30 heavy (non-hydrogen) atoms. The van der Waals surface area contributed by atoms with Crippen LogP contribution in [0.3, 0.4) is 0 Å². The maximum absolute atomic E-state index is 13.5. The lowest BCUT2D eigenvalue weighted by Gasteiger charge is -2.33. The fraction of sp³-hybridized carbons (Fsp3) is 0.280. The first-order chi connectivity index (χ1) is 14.6. The van der Waals surface area contributed by atoms with Crippen LogP contribution in [0.25, 0.3) is 0 Å². The smallest absolute Gasteiger partial charge is 0.144 e. The average Bonchev–Trinajstić information content (AvgIpc) is 3.22. The molecule has 0 bridgehead atoms. The van der Waals surface area contributed by atoms with Gasteiger partial charge < -0.3 is 10.2 Å². The van der Waals surface area contributed by atoms with E-state index in [1.54, 1.807) is 11.3 Å². The average molecular weight is 416 g/mol. The Balaban J connectivity index is 1.53. The van der Waals surface area contributed by atoms with E-state index in [1.165, 1.54) is 16.1 Å². The predicted octanol–water partition coefficient (Wildman–Crippen LogP) is 5.82. The Bertz CT molecular complexity index is 1090. The van der Waals surface area contributed by atoms with Crippen molar-refractivity contribution in [2.45, 2.75) is 24.8 Å². The summed E-state index contributed by atoms with van der Waals surface area (Å²) in [7, 11) is 4.08. The van der Waals surface area contributed by atoms with Gasteiger partial charge in [0.25, 0.3) is 0 Å². The van der Waals surface area contributed by atoms with E-state index in [9.17, 15) is 4.79 Å². The summed E-state index contributed by atoms with van der Waals surface area (Å²) in [6.45, 7) is 0. The first-order valence-electron chi connectivity index (χ1n) is 10.4. The summed E-state index contributed by atoms with van der Waals surface area (Å²) in [5.74, 6) is 0.242. The zero-order valence-electron chi connectivity index (χ0n) is 17.2. The highest BCUT2D eigenvalue weighted by Crippen LogP contribution is 2.44. The minimum Gasteiger partial charge on any atom is -0.378 e. The van der Waals surface area contributed by atoms with E-state index in [-0.39, 0.29) is 23.7 Å². The van der Waals surface area contributed by atoms with E-state index in [0.29, 0.717) is 6.42 Å². The maximum Gasteiger partial charge on any atom is 0.144 e. The highest BCUT2D eigenvalue weighted by Gasteiger charge is 2.41. The number of nitrogens with one attached hydrogen (secondary N) is 1. The number of hydrogen-bond donors (Lipinski definition) is 1. The van der Waals surface area contributed by atoms with Gasteiger partial charge in [0.2, 0.25) is 0 Å². The van der Waals surface area contributed by atoms with Crippen molar-refractivity contribution in [3.63, 3.8) is 0 Å². The number of para-hydroxylation sites is 2. The summed E-state index contributed by atoms with van der Waals surface area (Å²) >= 11 is 1.70. The molecule has 1 aromatic heterocycles. The number of rotatable bonds is 3. The predicted molar refractivity (Wildman–Crippen MR) is 125 cm³/mol. The Morgan fingerprint density at radius 1 is 1.00 bits per heavy atom. The van der Waals surface area contributed by atoms with Crippen LogP contribution in [0.15, 0.2) is 71.0 Å². The standard InChI is InChI=1S/C25H25N3OS/c1-28(2)18-11-9-16(10-12-18)17-14-21-24(22(29)15-17)25(23-8-5-13-30-23)27-20-7-4-3-6-19(20)26-21/h3-13,17,24-25,27H,14-15H2,1-2H3/t17-,24?,25-/m1/s1. The highest BCUT2D eigenvalue weighted by molar-refractivity contribution is 7.10. The molecule has 1 fully saturated rings. The van der Waals surface area contributed by atoms with E-state index in [2.05, 4.69) is 58.1 Å². The van der Waals surface area contributed by atoms with Crippen molar-refractivity contribution in [1.29, 1.82) is 0 Å². The van der Waals surface area contributed by atoms with Crippen LogP contribution in [-0.2, 0) is 4.79 Å². The van der Waals surface area contributed by atoms with E-state index in [0.717, 1.165) is 23.5 Å². The summed E-state index contributed by atoms with van der Waals surface area (Å²) in [4.78, 5) is 21.8. The lowest BCUT2D eigenvalue weighted by atomic mass is 9.73. The topological polar surface area (TPSA) is 44.7 Å². The maximum atomic E-state index is 13.5. The van der Waals surface area contributed by atoms with Crippen molar-refractivity contribution in [2.24, 2.45) is 10.9 Å². The molecule has 152 valence electrons. The van der Waals surface area contributed by atoms with Crippen molar-refractivity contribution in [2.75, 3.05) is 24.3 Å². The minimum atomic E-state index is -0.214. The largest absolute Gasteiger partial charge is 0.378 e. The van der Waals surface area contributed by atoms with Crippen molar-refractivity contribution in [1.82, 2.24) is 0 Å². The zero-order valence-corrected chi connectivity index (χ0v) is 18.0. The fourth-order valence-corrected chi connectivity index (χ4v) is 5.40. The molecule has 3 atom stereocenters. The Morgan fingerprint density at radius 2 is 1.80 bits per heavy atom. The van der Waals surface area contributed by atoms with E-state index < -0.39 is 0 Å². The normalized spacial score (nSPS) is 22.9. The van der Waals surface area contributed by atoms with Gasteiger partial charge in [-0.3, -0.25) is 9.79 Å². The minimum absolute atomic E-state index is 0.0584. The number of benzene rings is 2. The van der Waals surface area contributed by atoms with Gasteiger partial charge in [0.05, 0.1) is 23.3 Å². The molecular weight excluding hydrogens is 390 g/mol. The number of fused-ring (bicyclic) bond motifs is 2. The lowest BCUT2D eigenvalue weighted by Crippen LogP contribution is -2.38. The molecule has 4 nitrogen and oxygen atoms in total. The summed E-state index contributed by atoms with van der Waals surface area (Å²) in [5, 5.41) is 5.71. The monoisotopic (exact) mass is 415 g/mol. The highest BCUT2D eigenvalue weighted by atomic mass is 32.1. The number of hydrogen-bond acceptors (Lipinski definition) is 5. The van der Waals surface area contributed by atoms with Gasteiger partial charge >= 0.3 is 0 Å². The van der Waals surface area contributed by atoms with Crippen LogP contribution in [0.2, 0.25) is 0 Å². The third-order valence-corrected chi connectivity index (χ3v) is 7.11. The summed E-state index contributed by atoms with van der Waals surface area (Å²) in [5.41, 5.74) is 5.31. The first-order valence-corrected chi connectivity index (χ1v) is 11.2. The second-order valence-electron chi connectivity index (χ2n) is 8.29. The van der Waals surface area contributed by atoms with E-state index in [4.69, 9.17) is 4.99 Å². The number of aliphatic imine (C=N–C) groups is 1. The molecule has 1 N–H and O–H groups in total. The van der Waals surface area contributed by atoms with E-state index in [1.807, 2.05) is 32.3 Å². The Hall–Kier alpha value is -2.92. The van der Waals surface area contributed by atoms with Crippen LogP contribution in [0.4, 0.5) is 17.1 Å². The number of ketones is 1. The molecule has 1 aliphatic carbocycles. The molecule has 1 aliphatic heterocycles. The molecular formula is C25H25N3OS. The Morgan fingerprint density at radius 3 is 2.53 bits per heavy atom. The molecule has 5 heteroatoms. The fourth-order valence-electron chi connectivity index (χ4n) is 4.58. The molecule has 3 aromatic rings. The quantitative estimate of drug-likeness (QED) is 0.586. The van der Waals surface area contributed by atoms with Crippen LogP contribution in [0.5, 0.6) is 0 Å². The molecule has 2 aliphatic rings. The van der Waals surface area contributed by atoms with Crippen LogP contribution >= 0.6 is 11.3 Å². The van der Waals surface area contributed by atoms with Crippen LogP contribution < -0.4 is 10.2 Å². The van der Waals surface area contributed by atoms with Gasteiger partial charge in [0, 0.05) is 36.8 Å². The Kier molecular flexibility index (Phi) is 4.91. The molecule has 1 saturated carbocycles. The van der Waals surface area contributed by atoms with E-state index >= 15 is 0 Å². The van der Waals surface area contributed by atoms with Crippen LogP contribution in [0, 0.1) is 5.92 Å². The van der Waals surface area contributed by atoms with Gasteiger partial charge in [-0.15, -0.1) is 11.3 Å². The third kappa shape index (κ3) is 3.43. The van der Waals surface area contributed by atoms with Gasteiger partial charge in [-0.25, -0.2) is 0 Å². The number of thiophene rings is 1. The van der Waals surface area contributed by atoms with Gasteiger partial charge in [-0.05, 0) is 53.6 Å². The lowest BCUT2D eigenvalue weighted by molar-refractivity contribution is -0.122. The van der Waals surface area contributed by atoms with Crippen molar-refractivity contribution in [3.05, 3.63) is 76.5 Å². The molecule has 1 unspecified atom stereocenters. The van der Waals surface area contributed by atoms with Gasteiger partial charge in [-0.2, -0.15) is 0 Å². The molecule has 0 radical (unpaired) electrons. The zero-order chi connectivity index (χ0) is 20.7. The second-order valence-corrected chi connectivity index (χ2v) is 9.27. The van der Waals surface area contributed by atoms with Crippen molar-refractivity contribution >= 4 is 39.9 Å². The molecule has 0 amide bonds. The molecule has 5 rings (SSSR count). The van der Waals surface area contributed by atoms with Crippen LogP contribution in [-0.4, -0.2) is 25.6 Å². The first kappa shape index (κ1) is 19.1. The van der Waals surface area contributed by atoms with Crippen molar-refractivity contribution in [3.8, 4) is 0 Å². The summed E-state index contributed by atoms with van der Waals surface area (Å²) in [6.07, 6.45) is 1.38. The van der Waals surface area contributed by atoms with Crippen molar-refractivity contribution < 1.29 is 4.79 Å². The van der Waals surface area contributed by atoms with Gasteiger partial charge in [0.1, 0.15) is 5.78 Å². The number of anilines is 2. The summed E-state index contributed by atoms with van der Waals surface area (Å²) < 4.78 is 0. The number of carbonyl (C=O) groups excluding carboxylic acids is 1. The molecule has 2 aromatic carbocycles. The number of Topliss-reactive ketones (excluding diaryl/α,β-unsaturated/α-hetero) is 1. The van der Waals surface area contributed by atoms with Gasteiger partial charge in [-0.1, -0.05) is 30.3 Å². The SMILES string of the molecule is CN(C)c1ccc([C@H]2CC(=O)C3C(=Nc4ccccc4N[C@@H]3c3cccs3)C2)cc1. The summed E-state index contributed by atoms with van der Waals surface area (Å²) in [6, 6.07) is 20.8. The van der Waals surface area contributed by atoms with Crippen LogP contribution in [0.1, 0.15) is 35.2 Å². The second kappa shape index (κ2) is 7.73. The third-order valence-electron chi connectivity index (χ3n) is 6.15. The molecule has 2 heterocycles. The molecule has 0 saturated heterocycles. The van der Waals surface area contributed by atoms with Gasteiger partial charge in [0.15, 0.2) is 0 Å². The number of nitrogens with zero attached hydrogens (tertiary/aromatic N) is 2. The Labute approximate surface area is 181 Å².